The summed E-state index contributed by atoms with van der Waals surface area (Å²) in [5.74, 6) is -0.634. The smallest absolute Gasteiger partial charge is 0.326 e. The number of hydrogen-bond acceptors (Lipinski definition) is 6. The van der Waals surface area contributed by atoms with Crippen molar-refractivity contribution in [3.63, 3.8) is 0 Å². The average Bonchev–Trinajstić information content (AvgIpc) is 2.96. The van der Waals surface area contributed by atoms with Gasteiger partial charge in [0.15, 0.2) is 0 Å². The van der Waals surface area contributed by atoms with Gasteiger partial charge in [-0.15, -0.1) is 0 Å². The summed E-state index contributed by atoms with van der Waals surface area (Å²) in [5, 5.41) is 0.518. The second-order valence-electron chi connectivity index (χ2n) is 6.41. The minimum atomic E-state index is -0.635. The van der Waals surface area contributed by atoms with Crippen molar-refractivity contribution in [3.8, 4) is 5.75 Å². The van der Waals surface area contributed by atoms with Crippen molar-refractivity contribution >= 4 is 90.0 Å². The zero-order chi connectivity index (χ0) is 23.4. The molecule has 0 saturated carbocycles. The number of benzene rings is 2. The largest absolute Gasteiger partial charge is 0.486 e. The second kappa shape index (κ2) is 11.1. The molecule has 0 bridgehead atoms. The van der Waals surface area contributed by atoms with E-state index in [2.05, 4.69) is 31.9 Å². The van der Waals surface area contributed by atoms with Crippen LogP contribution in [0.1, 0.15) is 18.1 Å². The number of rotatable bonds is 7. The third kappa shape index (κ3) is 6.08. The fourth-order valence-corrected chi connectivity index (χ4v) is 5.46. The topological polar surface area (TPSA) is 72.9 Å². The molecule has 0 radical (unpaired) electrons. The number of carbonyl (C=O) groups excluding carboxylic acids is 3. The molecule has 2 aromatic rings. The van der Waals surface area contributed by atoms with Gasteiger partial charge >= 0.3 is 5.97 Å². The molecule has 0 atom stereocenters. The molecule has 1 aliphatic heterocycles. The average molecular weight is 624 g/mol. The summed E-state index contributed by atoms with van der Waals surface area (Å²) in [6, 6.07) is 8.66. The molecule has 32 heavy (non-hydrogen) atoms. The van der Waals surface area contributed by atoms with Crippen molar-refractivity contribution in [1.29, 1.82) is 0 Å². The quantitative estimate of drug-likeness (QED) is 0.253. The van der Waals surface area contributed by atoms with Gasteiger partial charge in [-0.25, -0.2) is 0 Å². The first-order valence-electron chi connectivity index (χ1n) is 9.16. The molecule has 0 N–H and O–H groups in total. The summed E-state index contributed by atoms with van der Waals surface area (Å²) in [4.78, 5) is 37.4. The maximum atomic E-state index is 12.6. The van der Waals surface area contributed by atoms with Gasteiger partial charge in [0.1, 0.15) is 18.9 Å². The van der Waals surface area contributed by atoms with Crippen molar-refractivity contribution in [2.75, 3.05) is 13.2 Å². The van der Waals surface area contributed by atoms with Crippen molar-refractivity contribution in [1.82, 2.24) is 4.90 Å². The van der Waals surface area contributed by atoms with E-state index in [-0.39, 0.29) is 18.1 Å². The van der Waals surface area contributed by atoms with E-state index >= 15 is 0 Å². The highest BCUT2D eigenvalue weighted by molar-refractivity contribution is 9.11. The van der Waals surface area contributed by atoms with E-state index in [1.54, 1.807) is 43.3 Å². The van der Waals surface area contributed by atoms with E-state index in [1.807, 2.05) is 0 Å². The van der Waals surface area contributed by atoms with Crippen molar-refractivity contribution in [2.24, 2.45) is 0 Å². The van der Waals surface area contributed by atoms with Crippen LogP contribution in [0.15, 0.2) is 44.2 Å². The Balaban J connectivity index is 1.76. The van der Waals surface area contributed by atoms with Crippen LogP contribution in [0, 0.1) is 0 Å². The Morgan fingerprint density at radius 3 is 2.47 bits per heavy atom. The Morgan fingerprint density at radius 2 is 1.84 bits per heavy atom. The molecule has 1 fully saturated rings. The van der Waals surface area contributed by atoms with Gasteiger partial charge in [0, 0.05) is 15.6 Å². The van der Waals surface area contributed by atoms with Crippen molar-refractivity contribution in [2.45, 2.75) is 13.5 Å². The molecular formula is C21H15Br2Cl2NO5S. The summed E-state index contributed by atoms with van der Waals surface area (Å²) in [5.41, 5.74) is 1.43. The van der Waals surface area contributed by atoms with E-state index in [4.69, 9.17) is 32.7 Å². The van der Waals surface area contributed by atoms with Crippen LogP contribution in [0.2, 0.25) is 10.0 Å². The van der Waals surface area contributed by atoms with Gasteiger partial charge in [0.2, 0.25) is 0 Å². The summed E-state index contributed by atoms with van der Waals surface area (Å²) < 4.78 is 12.0. The molecule has 2 amide bonds. The molecule has 2 aromatic carbocycles. The van der Waals surface area contributed by atoms with Gasteiger partial charge < -0.3 is 9.47 Å². The molecule has 0 unspecified atom stereocenters. The van der Waals surface area contributed by atoms with Crippen LogP contribution in [0.25, 0.3) is 6.08 Å². The Hall–Kier alpha value is -1.52. The molecule has 0 aliphatic carbocycles. The number of nitrogens with zero attached hydrogens (tertiary/aromatic N) is 1. The first-order chi connectivity index (χ1) is 15.2. The third-order valence-corrected chi connectivity index (χ3v) is 6.84. The van der Waals surface area contributed by atoms with Gasteiger partial charge in [0.25, 0.3) is 11.1 Å². The number of carbonyl (C=O) groups is 3. The van der Waals surface area contributed by atoms with E-state index < -0.39 is 23.7 Å². The zero-order valence-electron chi connectivity index (χ0n) is 16.5. The molecule has 11 heteroatoms. The lowest BCUT2D eigenvalue weighted by molar-refractivity contribution is -0.145. The highest BCUT2D eigenvalue weighted by Crippen LogP contribution is 2.38. The summed E-state index contributed by atoms with van der Waals surface area (Å²) >= 11 is 19.8. The summed E-state index contributed by atoms with van der Waals surface area (Å²) in [6.07, 6.45) is 1.57. The second-order valence-corrected chi connectivity index (χ2v) is 9.96. The summed E-state index contributed by atoms with van der Waals surface area (Å²) in [7, 11) is 0. The van der Waals surface area contributed by atoms with E-state index in [0.29, 0.717) is 30.3 Å². The highest BCUT2D eigenvalue weighted by Gasteiger charge is 2.36. The Bertz CT molecular complexity index is 1100. The molecule has 3 rings (SSSR count). The number of ether oxygens (including phenoxy) is 2. The fourth-order valence-electron chi connectivity index (χ4n) is 2.71. The lowest BCUT2D eigenvalue weighted by Crippen LogP contribution is -2.34. The molecule has 6 nitrogen and oxygen atoms in total. The van der Waals surface area contributed by atoms with Crippen LogP contribution in [-0.2, 0) is 20.9 Å². The number of esters is 1. The van der Waals surface area contributed by atoms with Gasteiger partial charge in [0.05, 0.1) is 20.5 Å². The predicted octanol–water partition coefficient (Wildman–Crippen LogP) is 6.70. The SMILES string of the molecule is CCOC(=O)CN1C(=O)S/C(=C/c2cc(Br)c(OCc3ccc(Cl)cc3Cl)c(Br)c2)C1=O. The van der Waals surface area contributed by atoms with Crippen molar-refractivity contribution < 1.29 is 23.9 Å². The number of halogens is 4. The van der Waals surface area contributed by atoms with Crippen LogP contribution in [0.5, 0.6) is 5.75 Å². The molecule has 168 valence electrons. The number of thioether (sulfide) groups is 1. The van der Waals surface area contributed by atoms with Crippen LogP contribution in [-0.4, -0.2) is 35.2 Å². The lowest BCUT2D eigenvalue weighted by Gasteiger charge is -2.13. The van der Waals surface area contributed by atoms with E-state index in [0.717, 1.165) is 22.2 Å². The minimum absolute atomic E-state index is 0.172. The fraction of sp³-hybridized carbons (Fsp3) is 0.190. The molecular weight excluding hydrogens is 609 g/mol. The van der Waals surface area contributed by atoms with Gasteiger partial charge in [-0.3, -0.25) is 19.3 Å². The van der Waals surface area contributed by atoms with Gasteiger partial charge in [-0.05, 0) is 86.5 Å². The van der Waals surface area contributed by atoms with E-state index in [9.17, 15) is 14.4 Å². The molecule has 1 aliphatic rings. The van der Waals surface area contributed by atoms with Gasteiger partial charge in [-0.2, -0.15) is 0 Å². The first-order valence-corrected chi connectivity index (χ1v) is 12.3. The first kappa shape index (κ1) is 25.1. The molecule has 0 spiro atoms. The number of imide groups is 1. The standard InChI is InChI=1S/C21H15Br2Cl2NO5S/c1-2-30-18(27)9-26-20(28)17(32-21(26)29)7-11-5-14(22)19(15(23)6-11)31-10-12-3-4-13(24)8-16(12)25/h3-8H,2,9-10H2,1H3/b17-7+. The zero-order valence-corrected chi connectivity index (χ0v) is 22.0. The van der Waals surface area contributed by atoms with Crippen LogP contribution < -0.4 is 4.74 Å². The summed E-state index contributed by atoms with van der Waals surface area (Å²) in [6.45, 7) is 1.63. The maximum absolute atomic E-state index is 12.6. The molecule has 0 aromatic heterocycles. The predicted molar refractivity (Wildman–Crippen MR) is 132 cm³/mol. The van der Waals surface area contributed by atoms with Crippen LogP contribution >= 0.6 is 66.8 Å². The Morgan fingerprint density at radius 1 is 1.16 bits per heavy atom. The van der Waals surface area contributed by atoms with Crippen LogP contribution in [0.4, 0.5) is 4.79 Å². The number of amides is 2. The third-order valence-electron chi connectivity index (χ3n) is 4.17. The van der Waals surface area contributed by atoms with Crippen LogP contribution in [0.3, 0.4) is 0 Å². The maximum Gasteiger partial charge on any atom is 0.326 e. The van der Waals surface area contributed by atoms with Gasteiger partial charge in [-0.1, -0.05) is 29.3 Å². The minimum Gasteiger partial charge on any atom is -0.486 e. The highest BCUT2D eigenvalue weighted by atomic mass is 79.9. The monoisotopic (exact) mass is 621 g/mol. The van der Waals surface area contributed by atoms with Crippen molar-refractivity contribution in [3.05, 3.63) is 65.4 Å². The van der Waals surface area contributed by atoms with E-state index in [1.165, 1.54) is 0 Å². The molecule has 1 heterocycles. The lowest BCUT2D eigenvalue weighted by atomic mass is 10.2. The Kier molecular flexibility index (Phi) is 8.68. The normalized spacial score (nSPS) is 14.9. The number of hydrogen-bond donors (Lipinski definition) is 0. The molecule has 1 saturated heterocycles. The Labute approximate surface area is 215 Å².